The lowest BCUT2D eigenvalue weighted by Gasteiger charge is -2.34. The lowest BCUT2D eigenvalue weighted by Crippen LogP contribution is -2.51. The first-order valence-electron chi connectivity index (χ1n) is 9.42. The lowest BCUT2D eigenvalue weighted by atomic mass is 9.94. The third kappa shape index (κ3) is 5.21. The van der Waals surface area contributed by atoms with Gasteiger partial charge < -0.3 is 15.5 Å². The number of likely N-dealkylation sites (tertiary alicyclic amines) is 1. The first-order chi connectivity index (χ1) is 12.0. The molecule has 3 atom stereocenters. The Morgan fingerprint density at radius 3 is 2.62 bits per heavy atom. The molecule has 1 aromatic rings. The quantitative estimate of drug-likeness (QED) is 0.848. The number of rotatable bonds is 3. The summed E-state index contributed by atoms with van der Waals surface area (Å²) in [4.78, 5) is 27.2. The molecule has 2 aliphatic heterocycles. The molecule has 2 N–H and O–H groups in total. The molecule has 0 aromatic heterocycles. The average molecular weight is 380 g/mol. The van der Waals surface area contributed by atoms with Gasteiger partial charge in [0.25, 0.3) is 5.91 Å². The van der Waals surface area contributed by atoms with Gasteiger partial charge >= 0.3 is 0 Å². The highest BCUT2D eigenvalue weighted by molar-refractivity contribution is 5.94. The summed E-state index contributed by atoms with van der Waals surface area (Å²) in [6, 6.07) is 8.37. The Hall–Kier alpha value is -1.59. The second-order valence-corrected chi connectivity index (χ2v) is 7.54. The van der Waals surface area contributed by atoms with Crippen LogP contribution in [0.1, 0.15) is 48.5 Å². The summed E-state index contributed by atoms with van der Waals surface area (Å²) in [6.07, 6.45) is 3.71. The van der Waals surface area contributed by atoms with Crippen molar-refractivity contribution in [2.24, 2.45) is 5.92 Å². The fraction of sp³-hybridized carbons (Fsp3) is 0.600. The van der Waals surface area contributed by atoms with E-state index in [1.54, 1.807) is 0 Å². The van der Waals surface area contributed by atoms with E-state index >= 15 is 0 Å². The van der Waals surface area contributed by atoms with Crippen molar-refractivity contribution in [1.82, 2.24) is 15.5 Å². The van der Waals surface area contributed by atoms with Gasteiger partial charge in [0.05, 0.1) is 5.92 Å². The van der Waals surface area contributed by atoms with Crippen molar-refractivity contribution in [3.63, 3.8) is 0 Å². The number of piperidine rings is 2. The van der Waals surface area contributed by atoms with Crippen LogP contribution >= 0.6 is 12.4 Å². The summed E-state index contributed by atoms with van der Waals surface area (Å²) >= 11 is 0. The highest BCUT2D eigenvalue weighted by Crippen LogP contribution is 2.20. The van der Waals surface area contributed by atoms with Gasteiger partial charge in [-0.15, -0.1) is 12.4 Å². The normalized spacial score (nSPS) is 25.9. The molecule has 2 fully saturated rings. The minimum Gasteiger partial charge on any atom is -0.353 e. The van der Waals surface area contributed by atoms with Crippen molar-refractivity contribution < 1.29 is 9.59 Å². The number of amides is 2. The topological polar surface area (TPSA) is 61.4 Å². The highest BCUT2D eigenvalue weighted by Gasteiger charge is 2.30. The third-order valence-electron chi connectivity index (χ3n) is 5.35. The molecule has 3 unspecified atom stereocenters. The summed E-state index contributed by atoms with van der Waals surface area (Å²) in [5.74, 6) is 0.0573. The monoisotopic (exact) mass is 379 g/mol. The molecular formula is C20H30ClN3O2. The lowest BCUT2D eigenvalue weighted by molar-refractivity contribution is -0.127. The summed E-state index contributed by atoms with van der Waals surface area (Å²) < 4.78 is 0. The number of hydrogen-bond donors (Lipinski definition) is 2. The number of halogens is 1. The zero-order valence-corrected chi connectivity index (χ0v) is 16.5. The van der Waals surface area contributed by atoms with Gasteiger partial charge in [-0.3, -0.25) is 9.59 Å². The van der Waals surface area contributed by atoms with Crippen LogP contribution in [-0.2, 0) is 4.79 Å². The molecule has 0 aliphatic carbocycles. The Bertz CT molecular complexity index is 620. The maximum Gasteiger partial charge on any atom is 0.253 e. The van der Waals surface area contributed by atoms with E-state index in [-0.39, 0.29) is 36.2 Å². The molecule has 2 saturated heterocycles. The fourth-order valence-electron chi connectivity index (χ4n) is 3.84. The molecule has 2 heterocycles. The maximum absolute atomic E-state index is 12.7. The zero-order chi connectivity index (χ0) is 17.8. The summed E-state index contributed by atoms with van der Waals surface area (Å²) in [6.45, 7) is 6.38. The van der Waals surface area contributed by atoms with Crippen molar-refractivity contribution in [3.05, 3.63) is 35.4 Å². The molecule has 1 aromatic carbocycles. The van der Waals surface area contributed by atoms with E-state index in [0.29, 0.717) is 18.2 Å². The van der Waals surface area contributed by atoms with Crippen LogP contribution in [0.25, 0.3) is 0 Å². The molecular weight excluding hydrogens is 350 g/mol. The van der Waals surface area contributed by atoms with Gasteiger partial charge in [-0.05, 0) is 58.2 Å². The zero-order valence-electron chi connectivity index (χ0n) is 15.7. The van der Waals surface area contributed by atoms with Crippen molar-refractivity contribution in [2.75, 3.05) is 19.6 Å². The van der Waals surface area contributed by atoms with Crippen molar-refractivity contribution >= 4 is 24.2 Å². The number of hydrogen-bond acceptors (Lipinski definition) is 3. The number of carbonyl (C=O) groups is 2. The number of nitrogens with one attached hydrogen (secondary N) is 2. The van der Waals surface area contributed by atoms with Crippen LogP contribution in [-0.4, -0.2) is 48.4 Å². The summed E-state index contributed by atoms with van der Waals surface area (Å²) in [5.41, 5.74) is 1.85. The number of carbonyl (C=O) groups excluding carboxylic acids is 2. The van der Waals surface area contributed by atoms with E-state index in [2.05, 4.69) is 17.6 Å². The maximum atomic E-state index is 12.7. The predicted octanol–water partition coefficient (Wildman–Crippen LogP) is 2.53. The van der Waals surface area contributed by atoms with E-state index in [1.165, 1.54) is 0 Å². The molecule has 6 heteroatoms. The molecule has 0 bridgehead atoms. The Labute approximate surface area is 162 Å². The first kappa shape index (κ1) is 20.7. The average Bonchev–Trinajstić information content (AvgIpc) is 2.62. The third-order valence-corrected chi connectivity index (χ3v) is 5.35. The fourth-order valence-corrected chi connectivity index (χ4v) is 3.84. The van der Waals surface area contributed by atoms with E-state index in [0.717, 1.165) is 44.3 Å². The van der Waals surface area contributed by atoms with Gasteiger partial charge in [0, 0.05) is 30.7 Å². The van der Waals surface area contributed by atoms with E-state index in [4.69, 9.17) is 0 Å². The van der Waals surface area contributed by atoms with Crippen LogP contribution in [0.3, 0.4) is 0 Å². The predicted molar refractivity (Wildman–Crippen MR) is 106 cm³/mol. The van der Waals surface area contributed by atoms with E-state index in [1.807, 2.05) is 36.1 Å². The highest BCUT2D eigenvalue weighted by atomic mass is 35.5. The largest absolute Gasteiger partial charge is 0.353 e. The van der Waals surface area contributed by atoms with Crippen LogP contribution < -0.4 is 10.6 Å². The van der Waals surface area contributed by atoms with Crippen LogP contribution in [0.5, 0.6) is 0 Å². The Morgan fingerprint density at radius 2 is 1.92 bits per heavy atom. The van der Waals surface area contributed by atoms with Crippen LogP contribution in [0.15, 0.2) is 24.3 Å². The van der Waals surface area contributed by atoms with Gasteiger partial charge in [0.15, 0.2) is 0 Å². The smallest absolute Gasteiger partial charge is 0.253 e. The van der Waals surface area contributed by atoms with Crippen molar-refractivity contribution in [3.8, 4) is 0 Å². The minimum atomic E-state index is -0.0895. The van der Waals surface area contributed by atoms with Crippen molar-refractivity contribution in [1.29, 1.82) is 0 Å². The first-order valence-corrected chi connectivity index (χ1v) is 9.42. The minimum absolute atomic E-state index is 0. The molecule has 0 radical (unpaired) electrons. The molecule has 2 amide bonds. The molecule has 5 nitrogen and oxygen atoms in total. The van der Waals surface area contributed by atoms with Gasteiger partial charge in [-0.25, -0.2) is 0 Å². The number of aryl methyl sites for hydroxylation is 1. The standard InChI is InChI=1S/C20H29N3O2.ClH/c1-14-5-7-16(8-6-14)20(25)23-11-3-4-17(13-23)19(24)22-18-9-10-21-15(2)12-18;/h5-8,15,17-18,21H,3-4,9-13H2,1-2H3,(H,22,24);1H. The van der Waals surface area contributed by atoms with Gasteiger partial charge in [-0.2, -0.15) is 0 Å². The molecule has 0 saturated carbocycles. The second-order valence-electron chi connectivity index (χ2n) is 7.54. The second kappa shape index (κ2) is 9.38. The molecule has 2 aliphatic rings. The number of nitrogens with zero attached hydrogens (tertiary/aromatic N) is 1. The molecule has 0 spiro atoms. The van der Waals surface area contributed by atoms with Gasteiger partial charge in [0.1, 0.15) is 0 Å². The molecule has 3 rings (SSSR count). The van der Waals surface area contributed by atoms with Crippen LogP contribution in [0.2, 0.25) is 0 Å². The Morgan fingerprint density at radius 1 is 1.19 bits per heavy atom. The SMILES string of the molecule is Cc1ccc(C(=O)N2CCCC(C(=O)NC3CCNC(C)C3)C2)cc1.Cl. The van der Waals surface area contributed by atoms with Crippen molar-refractivity contribution in [2.45, 2.75) is 51.6 Å². The van der Waals surface area contributed by atoms with Gasteiger partial charge in [0.2, 0.25) is 5.91 Å². The Kier molecular flexibility index (Phi) is 7.47. The Balaban J connectivity index is 0.00000243. The van der Waals surface area contributed by atoms with Gasteiger partial charge in [-0.1, -0.05) is 17.7 Å². The van der Waals surface area contributed by atoms with Crippen LogP contribution in [0.4, 0.5) is 0 Å². The molecule has 26 heavy (non-hydrogen) atoms. The summed E-state index contributed by atoms with van der Waals surface area (Å²) in [5, 5.41) is 6.61. The van der Waals surface area contributed by atoms with E-state index < -0.39 is 0 Å². The number of benzene rings is 1. The molecule has 144 valence electrons. The summed E-state index contributed by atoms with van der Waals surface area (Å²) in [7, 11) is 0. The van der Waals surface area contributed by atoms with Crippen LogP contribution in [0, 0.1) is 12.8 Å². The van der Waals surface area contributed by atoms with E-state index in [9.17, 15) is 9.59 Å².